The lowest BCUT2D eigenvalue weighted by Crippen LogP contribution is -2.03. The van der Waals surface area contributed by atoms with Crippen LogP contribution in [-0.2, 0) is 0 Å². The molecule has 0 aliphatic heterocycles. The highest BCUT2D eigenvalue weighted by Gasteiger charge is 2.22. The first-order chi connectivity index (χ1) is 13.3. The molecule has 27 heavy (non-hydrogen) atoms. The third-order valence-corrected chi connectivity index (χ3v) is 5.29. The van der Waals surface area contributed by atoms with Crippen LogP contribution in [0.1, 0.15) is 22.6 Å². The average molecular weight is 349 g/mol. The van der Waals surface area contributed by atoms with Gasteiger partial charge in [-0.25, -0.2) is 0 Å². The molecule has 1 atom stereocenters. The first kappa shape index (κ1) is 15.7. The Kier molecular flexibility index (Phi) is 3.68. The van der Waals surface area contributed by atoms with Crippen molar-refractivity contribution in [2.45, 2.75) is 5.92 Å². The van der Waals surface area contributed by atoms with E-state index in [-0.39, 0.29) is 11.7 Å². The summed E-state index contributed by atoms with van der Waals surface area (Å²) in [5, 5.41) is 13.5. The lowest BCUT2D eigenvalue weighted by Gasteiger charge is -2.20. The first-order valence-corrected chi connectivity index (χ1v) is 9.14. The molecule has 2 N–H and O–H groups in total. The van der Waals surface area contributed by atoms with E-state index in [2.05, 4.69) is 77.9 Å². The normalized spacial score (nSPS) is 12.4. The molecule has 2 nitrogen and oxygen atoms in total. The lowest BCUT2D eigenvalue weighted by molar-refractivity contribution is 0.475. The van der Waals surface area contributed by atoms with Crippen LogP contribution < -0.4 is 0 Å². The first-order valence-electron chi connectivity index (χ1n) is 9.14. The number of hydrogen-bond donors (Lipinski definition) is 2. The van der Waals surface area contributed by atoms with Crippen molar-refractivity contribution in [2.75, 3.05) is 0 Å². The summed E-state index contributed by atoms with van der Waals surface area (Å²) < 4.78 is 0. The van der Waals surface area contributed by atoms with E-state index in [9.17, 15) is 5.11 Å². The Balaban J connectivity index is 1.82. The van der Waals surface area contributed by atoms with Crippen LogP contribution in [0.5, 0.6) is 5.75 Å². The van der Waals surface area contributed by atoms with Gasteiger partial charge in [0.05, 0.1) is 0 Å². The van der Waals surface area contributed by atoms with Gasteiger partial charge in [0.15, 0.2) is 0 Å². The standard InChI is InChI=1S/C25H19NO/c27-19-14-12-18(13-15-19)25(23-16-26-24-11-4-3-9-21(23)24)22-10-5-7-17-6-1-2-8-20(17)22/h1-16,25-27H. The Morgan fingerprint density at radius 3 is 2.19 bits per heavy atom. The molecule has 130 valence electrons. The van der Waals surface area contributed by atoms with Gasteiger partial charge in [-0.2, -0.15) is 0 Å². The molecule has 1 aromatic heterocycles. The van der Waals surface area contributed by atoms with Crippen molar-refractivity contribution in [3.8, 4) is 5.75 Å². The van der Waals surface area contributed by atoms with Crippen molar-refractivity contribution in [1.82, 2.24) is 4.98 Å². The Hall–Kier alpha value is -3.52. The van der Waals surface area contributed by atoms with Gasteiger partial charge in [0, 0.05) is 23.0 Å². The van der Waals surface area contributed by atoms with Crippen LogP contribution in [0, 0.1) is 0 Å². The summed E-state index contributed by atoms with van der Waals surface area (Å²) >= 11 is 0. The van der Waals surface area contributed by atoms with Gasteiger partial charge >= 0.3 is 0 Å². The molecule has 1 heterocycles. The molecule has 5 aromatic rings. The number of aromatic amines is 1. The number of rotatable bonds is 3. The number of aromatic nitrogens is 1. The lowest BCUT2D eigenvalue weighted by atomic mass is 9.82. The summed E-state index contributed by atoms with van der Waals surface area (Å²) in [5.74, 6) is 0.363. The predicted octanol–water partition coefficient (Wildman–Crippen LogP) is 6.21. The SMILES string of the molecule is Oc1ccc(C(c2cccc3ccccc23)c2c[nH]c3ccccc23)cc1. The number of phenolic OH excluding ortho intramolecular Hbond substituents is 1. The van der Waals surface area contributed by atoms with Gasteiger partial charge in [-0.05, 0) is 45.7 Å². The minimum absolute atomic E-state index is 0.0767. The fourth-order valence-electron chi connectivity index (χ4n) is 4.03. The molecule has 0 fully saturated rings. The highest BCUT2D eigenvalue weighted by Crippen LogP contribution is 2.39. The van der Waals surface area contributed by atoms with Crippen LogP contribution >= 0.6 is 0 Å². The van der Waals surface area contributed by atoms with Gasteiger partial charge in [0.25, 0.3) is 0 Å². The maximum absolute atomic E-state index is 9.78. The third kappa shape index (κ3) is 2.67. The van der Waals surface area contributed by atoms with Crippen molar-refractivity contribution < 1.29 is 5.11 Å². The van der Waals surface area contributed by atoms with Gasteiger partial charge in [0.2, 0.25) is 0 Å². The minimum Gasteiger partial charge on any atom is -0.508 e. The highest BCUT2D eigenvalue weighted by molar-refractivity contribution is 5.90. The van der Waals surface area contributed by atoms with Crippen molar-refractivity contribution in [3.63, 3.8) is 0 Å². The number of benzene rings is 4. The molecule has 2 heteroatoms. The molecule has 4 aromatic carbocycles. The Morgan fingerprint density at radius 2 is 1.33 bits per heavy atom. The Bertz CT molecular complexity index is 1230. The number of H-pyrrole nitrogens is 1. The molecule has 0 saturated carbocycles. The second-order valence-corrected chi connectivity index (χ2v) is 6.88. The zero-order chi connectivity index (χ0) is 18.2. The minimum atomic E-state index is 0.0767. The summed E-state index contributed by atoms with van der Waals surface area (Å²) in [6, 6.07) is 31.0. The largest absolute Gasteiger partial charge is 0.508 e. The number of aromatic hydroxyl groups is 1. The van der Waals surface area contributed by atoms with E-state index in [1.165, 1.54) is 27.3 Å². The molecule has 0 aliphatic carbocycles. The van der Waals surface area contributed by atoms with Gasteiger partial charge < -0.3 is 10.1 Å². The topological polar surface area (TPSA) is 36.0 Å². The van der Waals surface area contributed by atoms with E-state index in [0.717, 1.165) is 11.1 Å². The summed E-state index contributed by atoms with van der Waals surface area (Å²) in [6.45, 7) is 0. The Morgan fingerprint density at radius 1 is 0.630 bits per heavy atom. The summed E-state index contributed by atoms with van der Waals surface area (Å²) in [5.41, 5.74) is 4.81. The zero-order valence-corrected chi connectivity index (χ0v) is 14.8. The van der Waals surface area contributed by atoms with Crippen molar-refractivity contribution in [3.05, 3.63) is 114 Å². The van der Waals surface area contributed by atoms with Crippen molar-refractivity contribution in [1.29, 1.82) is 0 Å². The van der Waals surface area contributed by atoms with Gasteiger partial charge in [-0.3, -0.25) is 0 Å². The molecular formula is C25H19NO. The molecular weight excluding hydrogens is 330 g/mol. The molecule has 0 saturated heterocycles. The zero-order valence-electron chi connectivity index (χ0n) is 14.8. The van der Waals surface area contributed by atoms with Crippen molar-refractivity contribution >= 4 is 21.7 Å². The van der Waals surface area contributed by atoms with Gasteiger partial charge in [-0.15, -0.1) is 0 Å². The smallest absolute Gasteiger partial charge is 0.115 e. The number of nitrogens with one attached hydrogen (secondary N) is 1. The molecule has 0 spiro atoms. The number of para-hydroxylation sites is 1. The Labute approximate surface area is 157 Å². The van der Waals surface area contributed by atoms with E-state index < -0.39 is 0 Å². The molecule has 1 unspecified atom stereocenters. The fraction of sp³-hybridized carbons (Fsp3) is 0.0400. The van der Waals surface area contributed by atoms with E-state index in [1.807, 2.05) is 12.1 Å². The number of hydrogen-bond acceptors (Lipinski definition) is 1. The van der Waals surface area contributed by atoms with E-state index in [0.29, 0.717) is 0 Å². The predicted molar refractivity (Wildman–Crippen MR) is 111 cm³/mol. The van der Waals surface area contributed by atoms with Crippen LogP contribution in [0.3, 0.4) is 0 Å². The maximum atomic E-state index is 9.78. The molecule has 0 radical (unpaired) electrons. The highest BCUT2D eigenvalue weighted by atomic mass is 16.3. The quantitative estimate of drug-likeness (QED) is 0.399. The van der Waals surface area contributed by atoms with Crippen LogP contribution in [-0.4, -0.2) is 10.1 Å². The molecule has 5 rings (SSSR count). The van der Waals surface area contributed by atoms with Gasteiger partial charge in [-0.1, -0.05) is 72.8 Å². The van der Waals surface area contributed by atoms with Crippen LogP contribution in [0.15, 0.2) is 97.2 Å². The summed E-state index contributed by atoms with van der Waals surface area (Å²) in [6.07, 6.45) is 2.12. The van der Waals surface area contributed by atoms with Gasteiger partial charge in [0.1, 0.15) is 5.75 Å². The van der Waals surface area contributed by atoms with E-state index in [1.54, 1.807) is 12.1 Å². The maximum Gasteiger partial charge on any atom is 0.115 e. The number of phenols is 1. The third-order valence-electron chi connectivity index (χ3n) is 5.29. The monoisotopic (exact) mass is 349 g/mol. The van der Waals surface area contributed by atoms with E-state index in [4.69, 9.17) is 0 Å². The second-order valence-electron chi connectivity index (χ2n) is 6.88. The van der Waals surface area contributed by atoms with Crippen LogP contribution in [0.2, 0.25) is 0 Å². The van der Waals surface area contributed by atoms with Crippen LogP contribution in [0.4, 0.5) is 0 Å². The van der Waals surface area contributed by atoms with Crippen LogP contribution in [0.25, 0.3) is 21.7 Å². The fourth-order valence-corrected chi connectivity index (χ4v) is 4.03. The van der Waals surface area contributed by atoms with E-state index >= 15 is 0 Å². The number of fused-ring (bicyclic) bond motifs is 2. The van der Waals surface area contributed by atoms with Crippen molar-refractivity contribution in [2.24, 2.45) is 0 Å². The molecule has 0 amide bonds. The second kappa shape index (κ2) is 6.33. The summed E-state index contributed by atoms with van der Waals surface area (Å²) in [4.78, 5) is 3.42. The summed E-state index contributed by atoms with van der Waals surface area (Å²) in [7, 11) is 0. The molecule has 0 bridgehead atoms. The average Bonchev–Trinajstić information content (AvgIpc) is 3.14. The molecule has 0 aliphatic rings.